The third-order valence-corrected chi connectivity index (χ3v) is 3.78. The standard InChI is InChI=1S/C16H32N6/c1-6-8-9-10-11-13(3)19-16(17-7-2)18-12-15-21-20-14(4)22(15)5/h13H,6-12H2,1-5H3,(H2,17,18,19). The molecule has 0 bridgehead atoms. The zero-order valence-electron chi connectivity index (χ0n) is 14.8. The van der Waals surface area contributed by atoms with Crippen molar-refractivity contribution < 1.29 is 0 Å². The van der Waals surface area contributed by atoms with Gasteiger partial charge in [-0.25, -0.2) is 4.99 Å². The van der Waals surface area contributed by atoms with E-state index in [0.717, 1.165) is 24.2 Å². The highest BCUT2D eigenvalue weighted by Crippen LogP contribution is 2.05. The Morgan fingerprint density at radius 1 is 1.23 bits per heavy atom. The van der Waals surface area contributed by atoms with Gasteiger partial charge in [-0.3, -0.25) is 0 Å². The van der Waals surface area contributed by atoms with E-state index in [1.165, 1.54) is 32.1 Å². The van der Waals surface area contributed by atoms with Crippen molar-refractivity contribution in [1.29, 1.82) is 0 Å². The topological polar surface area (TPSA) is 67.1 Å². The molecule has 1 aromatic heterocycles. The molecule has 6 heteroatoms. The predicted octanol–water partition coefficient (Wildman–Crippen LogP) is 2.54. The van der Waals surface area contributed by atoms with Crippen LogP contribution in [0.15, 0.2) is 4.99 Å². The largest absolute Gasteiger partial charge is 0.357 e. The van der Waals surface area contributed by atoms with E-state index in [9.17, 15) is 0 Å². The number of aliphatic imine (C=N–C) groups is 1. The smallest absolute Gasteiger partial charge is 0.191 e. The quantitative estimate of drug-likeness (QED) is 0.418. The first-order valence-corrected chi connectivity index (χ1v) is 8.48. The summed E-state index contributed by atoms with van der Waals surface area (Å²) in [6, 6.07) is 0.427. The van der Waals surface area contributed by atoms with Crippen LogP contribution in [0.2, 0.25) is 0 Å². The Morgan fingerprint density at radius 3 is 2.59 bits per heavy atom. The molecule has 1 unspecified atom stereocenters. The van der Waals surface area contributed by atoms with Crippen molar-refractivity contribution in [2.45, 2.75) is 72.4 Å². The number of unbranched alkanes of at least 4 members (excludes halogenated alkanes) is 3. The maximum absolute atomic E-state index is 4.61. The van der Waals surface area contributed by atoms with Crippen molar-refractivity contribution in [3.8, 4) is 0 Å². The molecule has 2 N–H and O–H groups in total. The summed E-state index contributed by atoms with van der Waals surface area (Å²) in [5, 5.41) is 15.0. The maximum Gasteiger partial charge on any atom is 0.191 e. The molecular formula is C16H32N6. The van der Waals surface area contributed by atoms with Gasteiger partial charge in [-0.1, -0.05) is 32.6 Å². The number of aryl methyl sites for hydroxylation is 1. The third kappa shape index (κ3) is 6.45. The molecule has 0 spiro atoms. The van der Waals surface area contributed by atoms with Crippen LogP contribution in [0, 0.1) is 6.92 Å². The van der Waals surface area contributed by atoms with E-state index in [-0.39, 0.29) is 0 Å². The number of guanidine groups is 1. The van der Waals surface area contributed by atoms with Gasteiger partial charge in [-0.15, -0.1) is 10.2 Å². The molecule has 1 atom stereocenters. The summed E-state index contributed by atoms with van der Waals surface area (Å²) in [7, 11) is 1.97. The Morgan fingerprint density at radius 2 is 2.00 bits per heavy atom. The first kappa shape index (κ1) is 18.5. The van der Waals surface area contributed by atoms with Crippen LogP contribution >= 0.6 is 0 Å². The maximum atomic E-state index is 4.61. The summed E-state index contributed by atoms with van der Waals surface area (Å²) >= 11 is 0. The van der Waals surface area contributed by atoms with Crippen LogP contribution in [0.3, 0.4) is 0 Å². The van der Waals surface area contributed by atoms with Crippen LogP contribution in [0.5, 0.6) is 0 Å². The van der Waals surface area contributed by atoms with Gasteiger partial charge >= 0.3 is 0 Å². The summed E-state index contributed by atoms with van der Waals surface area (Å²) in [4.78, 5) is 4.61. The molecule has 6 nitrogen and oxygen atoms in total. The average molecular weight is 308 g/mol. The lowest BCUT2D eigenvalue weighted by molar-refractivity contribution is 0.537. The second-order valence-corrected chi connectivity index (χ2v) is 5.81. The highest BCUT2D eigenvalue weighted by molar-refractivity contribution is 5.79. The predicted molar refractivity (Wildman–Crippen MR) is 91.9 cm³/mol. The Balaban J connectivity index is 2.49. The fourth-order valence-electron chi connectivity index (χ4n) is 2.24. The SMILES string of the molecule is CCCCCCC(C)NC(=NCc1nnc(C)n1C)NCC. The van der Waals surface area contributed by atoms with Crippen LogP contribution in [0.1, 0.15) is 64.5 Å². The molecule has 0 aliphatic carbocycles. The molecule has 0 amide bonds. The van der Waals surface area contributed by atoms with Crippen LogP contribution in [0.25, 0.3) is 0 Å². The van der Waals surface area contributed by atoms with Crippen molar-refractivity contribution in [3.05, 3.63) is 11.6 Å². The van der Waals surface area contributed by atoms with Crippen molar-refractivity contribution in [3.63, 3.8) is 0 Å². The van der Waals surface area contributed by atoms with Gasteiger partial charge in [-0.2, -0.15) is 0 Å². The normalized spacial score (nSPS) is 13.2. The minimum atomic E-state index is 0.427. The lowest BCUT2D eigenvalue weighted by Gasteiger charge is -2.17. The molecule has 0 aliphatic heterocycles. The summed E-state index contributed by atoms with van der Waals surface area (Å²) in [6.07, 6.45) is 6.36. The van der Waals surface area contributed by atoms with Crippen LogP contribution in [-0.4, -0.2) is 33.3 Å². The van der Waals surface area contributed by atoms with Gasteiger partial charge < -0.3 is 15.2 Å². The molecule has 0 saturated carbocycles. The zero-order valence-corrected chi connectivity index (χ0v) is 14.8. The highest BCUT2D eigenvalue weighted by Gasteiger charge is 2.07. The van der Waals surface area contributed by atoms with Crippen molar-refractivity contribution in [2.24, 2.45) is 12.0 Å². The summed E-state index contributed by atoms with van der Waals surface area (Å²) in [5.41, 5.74) is 0. The second-order valence-electron chi connectivity index (χ2n) is 5.81. The van der Waals surface area contributed by atoms with Crippen LogP contribution < -0.4 is 10.6 Å². The van der Waals surface area contributed by atoms with E-state index in [2.05, 4.69) is 46.6 Å². The Labute approximate surface area is 134 Å². The number of nitrogens with zero attached hydrogens (tertiary/aromatic N) is 4. The van der Waals surface area contributed by atoms with E-state index in [1.807, 2.05) is 18.5 Å². The third-order valence-electron chi connectivity index (χ3n) is 3.78. The van der Waals surface area contributed by atoms with Gasteiger partial charge in [-0.05, 0) is 27.2 Å². The van der Waals surface area contributed by atoms with Gasteiger partial charge in [0.25, 0.3) is 0 Å². The number of aromatic nitrogens is 3. The average Bonchev–Trinajstić information content (AvgIpc) is 2.81. The van der Waals surface area contributed by atoms with E-state index in [0.29, 0.717) is 12.6 Å². The Bertz CT molecular complexity index is 451. The fourth-order valence-corrected chi connectivity index (χ4v) is 2.24. The molecule has 0 radical (unpaired) electrons. The molecule has 1 aromatic rings. The van der Waals surface area contributed by atoms with Crippen LogP contribution in [-0.2, 0) is 13.6 Å². The Hall–Kier alpha value is -1.59. The molecule has 0 aromatic carbocycles. The van der Waals surface area contributed by atoms with Gasteiger partial charge in [0.05, 0.1) is 0 Å². The summed E-state index contributed by atoms with van der Waals surface area (Å²) in [6.45, 7) is 9.87. The van der Waals surface area contributed by atoms with E-state index in [1.54, 1.807) is 0 Å². The fraction of sp³-hybridized carbons (Fsp3) is 0.812. The molecule has 0 saturated heterocycles. The molecule has 1 rings (SSSR count). The van der Waals surface area contributed by atoms with Gasteiger partial charge in [0.15, 0.2) is 11.8 Å². The Kier molecular flexibility index (Phi) is 8.55. The summed E-state index contributed by atoms with van der Waals surface area (Å²) < 4.78 is 1.97. The van der Waals surface area contributed by atoms with Crippen molar-refractivity contribution >= 4 is 5.96 Å². The number of rotatable bonds is 9. The lowest BCUT2D eigenvalue weighted by atomic mass is 10.1. The van der Waals surface area contributed by atoms with Crippen LogP contribution in [0.4, 0.5) is 0 Å². The summed E-state index contributed by atoms with van der Waals surface area (Å²) in [5.74, 6) is 2.64. The minimum absolute atomic E-state index is 0.427. The van der Waals surface area contributed by atoms with Crippen molar-refractivity contribution in [1.82, 2.24) is 25.4 Å². The van der Waals surface area contributed by atoms with Gasteiger partial charge in [0.2, 0.25) is 0 Å². The molecule has 1 heterocycles. The molecular weight excluding hydrogens is 276 g/mol. The molecule has 0 aliphatic rings. The zero-order chi connectivity index (χ0) is 16.4. The monoisotopic (exact) mass is 308 g/mol. The first-order chi connectivity index (χ1) is 10.6. The lowest BCUT2D eigenvalue weighted by Crippen LogP contribution is -2.42. The minimum Gasteiger partial charge on any atom is -0.357 e. The van der Waals surface area contributed by atoms with E-state index in [4.69, 9.17) is 0 Å². The highest BCUT2D eigenvalue weighted by atomic mass is 15.3. The van der Waals surface area contributed by atoms with E-state index < -0.39 is 0 Å². The van der Waals surface area contributed by atoms with E-state index >= 15 is 0 Å². The first-order valence-electron chi connectivity index (χ1n) is 8.48. The van der Waals surface area contributed by atoms with Gasteiger partial charge in [0, 0.05) is 19.6 Å². The second kappa shape index (κ2) is 10.2. The number of hydrogen-bond donors (Lipinski definition) is 2. The van der Waals surface area contributed by atoms with Gasteiger partial charge in [0.1, 0.15) is 12.4 Å². The molecule has 0 fully saturated rings. The number of nitrogens with one attached hydrogen (secondary N) is 2. The molecule has 22 heavy (non-hydrogen) atoms. The number of hydrogen-bond acceptors (Lipinski definition) is 3. The molecule has 126 valence electrons. The van der Waals surface area contributed by atoms with Crippen molar-refractivity contribution in [2.75, 3.05) is 6.54 Å².